The molecule has 0 unspecified atom stereocenters. The highest BCUT2D eigenvalue weighted by molar-refractivity contribution is 8.00. The first-order valence-corrected chi connectivity index (χ1v) is 8.47. The van der Waals surface area contributed by atoms with Crippen molar-refractivity contribution >= 4 is 27.8 Å². The molecular weight excluding hydrogens is 343 g/mol. The van der Waals surface area contributed by atoms with E-state index in [1.165, 1.54) is 0 Å². The van der Waals surface area contributed by atoms with Crippen molar-refractivity contribution in [3.8, 4) is 0 Å². The quantitative estimate of drug-likeness (QED) is 0.840. The number of aliphatic carboxylic acids is 1. The molecule has 10 heteroatoms. The molecule has 1 aromatic carbocycles. The van der Waals surface area contributed by atoms with Crippen LogP contribution in [-0.4, -0.2) is 41.9 Å². The van der Waals surface area contributed by atoms with Crippen LogP contribution in [0.15, 0.2) is 34.1 Å². The van der Waals surface area contributed by atoms with Gasteiger partial charge in [-0.05, 0) is 48.9 Å². The summed E-state index contributed by atoms with van der Waals surface area (Å²) < 4.78 is 62.3. The Balaban J connectivity index is 2.25. The molecule has 5 nitrogen and oxygen atoms in total. The average molecular weight is 355 g/mol. The number of alkyl halides is 3. The zero-order valence-electron chi connectivity index (χ0n) is 11.1. The van der Waals surface area contributed by atoms with Gasteiger partial charge in [0.2, 0.25) is 10.0 Å². The zero-order chi connectivity index (χ0) is 16.5. The smallest absolute Gasteiger partial charge is 0.446 e. The normalized spacial score (nSPS) is 20.2. The third-order valence-corrected chi connectivity index (χ3v) is 5.81. The SMILES string of the molecule is O=C(O)[C@@H]1CCCN1S(=O)(=O)c1ccc(SC(F)(F)F)cc1. The maximum Gasteiger partial charge on any atom is 0.446 e. The number of carboxylic acid groups (broad SMARTS) is 1. The predicted octanol–water partition coefficient (Wildman–Crippen LogP) is 2.54. The van der Waals surface area contributed by atoms with Gasteiger partial charge in [0.25, 0.3) is 0 Å². The van der Waals surface area contributed by atoms with Crippen LogP contribution in [0, 0.1) is 0 Å². The number of hydrogen-bond acceptors (Lipinski definition) is 4. The Kier molecular flexibility index (Phi) is 4.73. The Morgan fingerprint density at radius 2 is 1.86 bits per heavy atom. The van der Waals surface area contributed by atoms with Crippen molar-refractivity contribution in [3.63, 3.8) is 0 Å². The van der Waals surface area contributed by atoms with Gasteiger partial charge in [-0.1, -0.05) is 0 Å². The molecule has 122 valence electrons. The molecule has 1 aromatic rings. The molecule has 0 spiro atoms. The average Bonchev–Trinajstić information content (AvgIpc) is 2.87. The fourth-order valence-electron chi connectivity index (χ4n) is 2.22. The van der Waals surface area contributed by atoms with Crippen LogP contribution in [0.1, 0.15) is 12.8 Å². The van der Waals surface area contributed by atoms with Gasteiger partial charge in [-0.15, -0.1) is 0 Å². The van der Waals surface area contributed by atoms with Crippen molar-refractivity contribution in [3.05, 3.63) is 24.3 Å². The van der Waals surface area contributed by atoms with Crippen LogP contribution in [-0.2, 0) is 14.8 Å². The van der Waals surface area contributed by atoms with E-state index in [-0.39, 0.29) is 34.5 Å². The van der Waals surface area contributed by atoms with Crippen LogP contribution >= 0.6 is 11.8 Å². The van der Waals surface area contributed by atoms with E-state index in [9.17, 15) is 26.4 Å². The first-order chi connectivity index (χ1) is 10.1. The fourth-order valence-corrected chi connectivity index (χ4v) is 4.41. The molecule has 2 rings (SSSR count). The summed E-state index contributed by atoms with van der Waals surface area (Å²) in [6, 6.07) is 3.09. The Labute approximate surface area is 129 Å². The lowest BCUT2D eigenvalue weighted by atomic mass is 10.2. The molecule has 0 radical (unpaired) electrons. The lowest BCUT2D eigenvalue weighted by molar-refractivity contribution is -0.140. The molecule has 0 aliphatic carbocycles. The number of sulfonamides is 1. The highest BCUT2D eigenvalue weighted by atomic mass is 32.2. The highest BCUT2D eigenvalue weighted by Gasteiger charge is 2.39. The Hall–Kier alpha value is -1.26. The predicted molar refractivity (Wildman–Crippen MR) is 72.9 cm³/mol. The van der Waals surface area contributed by atoms with E-state index in [1.807, 2.05) is 0 Å². The number of hydrogen-bond donors (Lipinski definition) is 1. The van der Waals surface area contributed by atoms with Gasteiger partial charge >= 0.3 is 11.5 Å². The molecule has 22 heavy (non-hydrogen) atoms. The minimum absolute atomic E-state index is 0.0817. The molecule has 0 amide bonds. The number of carboxylic acids is 1. The fraction of sp³-hybridized carbons (Fsp3) is 0.417. The second kappa shape index (κ2) is 6.09. The summed E-state index contributed by atoms with van der Waals surface area (Å²) in [5, 5.41) is 9.03. The third kappa shape index (κ3) is 3.73. The van der Waals surface area contributed by atoms with Crippen LogP contribution in [0.25, 0.3) is 0 Å². The van der Waals surface area contributed by atoms with E-state index < -0.39 is 27.5 Å². The minimum atomic E-state index is -4.45. The van der Waals surface area contributed by atoms with Gasteiger partial charge in [0.1, 0.15) is 6.04 Å². The zero-order valence-corrected chi connectivity index (χ0v) is 12.7. The van der Waals surface area contributed by atoms with Gasteiger partial charge in [-0.2, -0.15) is 17.5 Å². The van der Waals surface area contributed by atoms with Crippen molar-refractivity contribution < 1.29 is 31.5 Å². The maximum atomic E-state index is 12.4. The number of nitrogens with zero attached hydrogens (tertiary/aromatic N) is 1. The molecular formula is C12H12F3NO4S2. The first-order valence-electron chi connectivity index (χ1n) is 6.22. The monoisotopic (exact) mass is 355 g/mol. The minimum Gasteiger partial charge on any atom is -0.480 e. The number of benzene rings is 1. The summed E-state index contributed by atoms with van der Waals surface area (Å²) in [7, 11) is -4.03. The standard InChI is InChI=1S/C12H12F3NO4S2/c13-12(14,15)21-8-3-5-9(6-4-8)22(19,20)16-7-1-2-10(16)11(17)18/h3-6,10H,1-2,7H2,(H,17,18)/t10-/m0/s1. The summed E-state index contributed by atoms with van der Waals surface area (Å²) in [4.78, 5) is 10.7. The van der Waals surface area contributed by atoms with Crippen molar-refractivity contribution in [1.29, 1.82) is 0 Å². The third-order valence-electron chi connectivity index (χ3n) is 3.15. The maximum absolute atomic E-state index is 12.4. The molecule has 0 saturated carbocycles. The van der Waals surface area contributed by atoms with Crippen molar-refractivity contribution in [1.82, 2.24) is 4.31 Å². The molecule has 1 atom stereocenters. The van der Waals surface area contributed by atoms with E-state index in [0.29, 0.717) is 6.42 Å². The summed E-state index contributed by atoms with van der Waals surface area (Å²) in [5.41, 5.74) is -4.45. The number of thioether (sulfide) groups is 1. The molecule has 0 aromatic heterocycles. The molecule has 0 bridgehead atoms. The molecule has 1 aliphatic heterocycles. The van der Waals surface area contributed by atoms with Crippen LogP contribution in [0.5, 0.6) is 0 Å². The second-order valence-corrected chi connectivity index (χ2v) is 7.66. The van der Waals surface area contributed by atoms with E-state index in [4.69, 9.17) is 5.11 Å². The Morgan fingerprint density at radius 3 is 2.36 bits per heavy atom. The van der Waals surface area contributed by atoms with Crippen LogP contribution in [0.3, 0.4) is 0 Å². The Bertz CT molecular complexity index is 658. The van der Waals surface area contributed by atoms with E-state index in [2.05, 4.69) is 0 Å². The van der Waals surface area contributed by atoms with E-state index in [0.717, 1.165) is 28.6 Å². The van der Waals surface area contributed by atoms with Gasteiger partial charge in [-0.25, -0.2) is 8.42 Å². The molecule has 1 aliphatic rings. The number of halogens is 3. The van der Waals surface area contributed by atoms with Gasteiger partial charge in [-0.3, -0.25) is 4.79 Å². The van der Waals surface area contributed by atoms with Crippen LogP contribution < -0.4 is 0 Å². The van der Waals surface area contributed by atoms with Crippen molar-refractivity contribution in [2.75, 3.05) is 6.54 Å². The molecule has 1 N–H and O–H groups in total. The van der Waals surface area contributed by atoms with Crippen molar-refractivity contribution in [2.24, 2.45) is 0 Å². The molecule has 1 heterocycles. The van der Waals surface area contributed by atoms with Crippen molar-refractivity contribution in [2.45, 2.75) is 34.2 Å². The second-order valence-electron chi connectivity index (χ2n) is 4.63. The van der Waals surface area contributed by atoms with E-state index in [1.54, 1.807) is 0 Å². The van der Waals surface area contributed by atoms with Crippen LogP contribution in [0.2, 0.25) is 0 Å². The molecule has 1 saturated heterocycles. The lowest BCUT2D eigenvalue weighted by Crippen LogP contribution is -2.40. The van der Waals surface area contributed by atoms with Gasteiger partial charge in [0, 0.05) is 11.4 Å². The van der Waals surface area contributed by atoms with Gasteiger partial charge < -0.3 is 5.11 Å². The van der Waals surface area contributed by atoms with Gasteiger partial charge in [0.05, 0.1) is 4.90 Å². The summed E-state index contributed by atoms with van der Waals surface area (Å²) in [5.74, 6) is -1.23. The number of rotatable bonds is 4. The lowest BCUT2D eigenvalue weighted by Gasteiger charge is -2.21. The topological polar surface area (TPSA) is 74.7 Å². The molecule has 1 fully saturated rings. The van der Waals surface area contributed by atoms with Gasteiger partial charge in [0.15, 0.2) is 0 Å². The summed E-state index contributed by atoms with van der Waals surface area (Å²) in [6.07, 6.45) is 0.648. The Morgan fingerprint density at radius 1 is 1.27 bits per heavy atom. The van der Waals surface area contributed by atoms with Crippen LogP contribution in [0.4, 0.5) is 13.2 Å². The van der Waals surface area contributed by atoms with E-state index >= 15 is 0 Å². The summed E-state index contributed by atoms with van der Waals surface area (Å²) >= 11 is -0.345. The summed E-state index contributed by atoms with van der Waals surface area (Å²) in [6.45, 7) is 0.0817. The highest BCUT2D eigenvalue weighted by Crippen LogP contribution is 2.37. The first kappa shape index (κ1) is 17.1. The number of carbonyl (C=O) groups is 1. The largest absolute Gasteiger partial charge is 0.480 e.